The number of ether oxygens (including phenoxy) is 2. The number of nitrogens with zero attached hydrogens (tertiary/aromatic N) is 1. The number of aryl methyl sites for hydroxylation is 2. The zero-order valence-corrected chi connectivity index (χ0v) is 18.9. The molecule has 1 aromatic carbocycles. The molecule has 168 valence electrons. The Hall–Kier alpha value is -2.83. The van der Waals surface area contributed by atoms with E-state index in [1.807, 2.05) is 6.92 Å². The summed E-state index contributed by atoms with van der Waals surface area (Å²) < 4.78 is 16.7. The number of likely N-dealkylation sites (tertiary alicyclic amines) is 1. The van der Waals surface area contributed by atoms with Crippen LogP contribution in [0.1, 0.15) is 64.5 Å². The van der Waals surface area contributed by atoms with E-state index < -0.39 is 29.3 Å². The lowest BCUT2D eigenvalue weighted by Crippen LogP contribution is -2.44. The van der Waals surface area contributed by atoms with E-state index in [0.29, 0.717) is 42.5 Å². The first-order valence-corrected chi connectivity index (χ1v) is 10.9. The minimum absolute atomic E-state index is 0.353. The average molecular weight is 430 g/mol. The Kier molecular flexibility index (Phi) is 6.72. The first-order chi connectivity index (χ1) is 14.6. The predicted octanol–water partition coefficient (Wildman–Crippen LogP) is 4.75. The summed E-state index contributed by atoms with van der Waals surface area (Å²) in [5.41, 5.74) is 0.935. The summed E-state index contributed by atoms with van der Waals surface area (Å²) in [6.45, 7) is 9.73. The van der Waals surface area contributed by atoms with Gasteiger partial charge in [0.05, 0.1) is 5.39 Å². The second-order valence-electron chi connectivity index (χ2n) is 9.08. The molecule has 7 nitrogen and oxygen atoms in total. The molecule has 1 fully saturated rings. The van der Waals surface area contributed by atoms with Crippen molar-refractivity contribution >= 4 is 23.0 Å². The topological polar surface area (TPSA) is 86.0 Å². The van der Waals surface area contributed by atoms with E-state index >= 15 is 0 Å². The van der Waals surface area contributed by atoms with Crippen molar-refractivity contribution in [3.05, 3.63) is 39.7 Å². The molecule has 0 bridgehead atoms. The van der Waals surface area contributed by atoms with Gasteiger partial charge in [-0.15, -0.1) is 0 Å². The van der Waals surface area contributed by atoms with E-state index in [-0.39, 0.29) is 0 Å². The van der Waals surface area contributed by atoms with Crippen molar-refractivity contribution in [2.75, 3.05) is 6.54 Å². The Balaban J connectivity index is 1.92. The molecule has 1 unspecified atom stereocenters. The van der Waals surface area contributed by atoms with Gasteiger partial charge in [-0.1, -0.05) is 13.3 Å². The Labute approximate surface area is 182 Å². The summed E-state index contributed by atoms with van der Waals surface area (Å²) >= 11 is 0. The molecule has 31 heavy (non-hydrogen) atoms. The summed E-state index contributed by atoms with van der Waals surface area (Å²) in [5, 5.41) is 0.633. The summed E-state index contributed by atoms with van der Waals surface area (Å²) in [6, 6.07) is 4.29. The van der Waals surface area contributed by atoms with Crippen LogP contribution in [0.5, 0.6) is 5.75 Å². The van der Waals surface area contributed by atoms with Gasteiger partial charge in [-0.3, -0.25) is 4.90 Å². The van der Waals surface area contributed by atoms with Gasteiger partial charge in [0.1, 0.15) is 23.0 Å². The summed E-state index contributed by atoms with van der Waals surface area (Å²) in [6.07, 6.45) is 3.24. The lowest BCUT2D eigenvalue weighted by atomic mass is 10.0. The van der Waals surface area contributed by atoms with E-state index in [1.54, 1.807) is 32.9 Å². The molecule has 0 saturated carbocycles. The predicted molar refractivity (Wildman–Crippen MR) is 117 cm³/mol. The van der Waals surface area contributed by atoms with Crippen molar-refractivity contribution in [2.45, 2.75) is 78.4 Å². The first-order valence-electron chi connectivity index (χ1n) is 10.9. The summed E-state index contributed by atoms with van der Waals surface area (Å²) in [7, 11) is 0. The average Bonchev–Trinajstić information content (AvgIpc) is 3.14. The largest absolute Gasteiger partial charge is 0.444 e. The molecule has 0 spiro atoms. The number of amides is 1. The Bertz CT molecular complexity index is 1030. The summed E-state index contributed by atoms with van der Waals surface area (Å²) in [5.74, 6) is -0.159. The van der Waals surface area contributed by atoms with E-state index in [9.17, 15) is 14.4 Å². The van der Waals surface area contributed by atoms with Crippen LogP contribution in [-0.2, 0) is 16.0 Å². The second-order valence-corrected chi connectivity index (χ2v) is 9.08. The fourth-order valence-corrected chi connectivity index (χ4v) is 3.84. The molecule has 1 atom stereocenters. The normalized spacial score (nSPS) is 16.5. The smallest absolute Gasteiger partial charge is 0.411 e. The number of rotatable bonds is 5. The number of carbonyl (C=O) groups is 2. The Morgan fingerprint density at radius 3 is 2.65 bits per heavy atom. The maximum Gasteiger partial charge on any atom is 0.411 e. The summed E-state index contributed by atoms with van der Waals surface area (Å²) in [4.78, 5) is 39.1. The van der Waals surface area contributed by atoms with Crippen molar-refractivity contribution in [1.82, 2.24) is 4.90 Å². The van der Waals surface area contributed by atoms with E-state index in [0.717, 1.165) is 24.0 Å². The van der Waals surface area contributed by atoms with E-state index in [4.69, 9.17) is 13.9 Å². The SMILES string of the molecule is CCCCc1cc(=O)oc2cc(C)cc(OC(=O)C3CCCN3C(=O)OC(C)(C)C)c12. The third kappa shape index (κ3) is 5.46. The van der Waals surface area contributed by atoms with Gasteiger partial charge in [0.15, 0.2) is 0 Å². The van der Waals surface area contributed by atoms with Crippen LogP contribution < -0.4 is 10.4 Å². The van der Waals surface area contributed by atoms with E-state index in [1.165, 1.54) is 11.0 Å². The molecule has 0 radical (unpaired) electrons. The number of unbranched alkanes of at least 4 members (excludes halogenated alkanes) is 1. The van der Waals surface area contributed by atoms with Gasteiger partial charge in [-0.25, -0.2) is 14.4 Å². The highest BCUT2D eigenvalue weighted by Gasteiger charge is 2.38. The highest BCUT2D eigenvalue weighted by molar-refractivity contribution is 5.91. The molecule has 3 rings (SSSR count). The van der Waals surface area contributed by atoms with Crippen LogP contribution in [0.15, 0.2) is 27.4 Å². The number of benzene rings is 1. The number of esters is 1. The maximum atomic E-state index is 13.1. The minimum atomic E-state index is -0.708. The zero-order valence-electron chi connectivity index (χ0n) is 18.9. The third-order valence-corrected chi connectivity index (χ3v) is 5.20. The molecule has 1 amide bonds. The van der Waals surface area contributed by atoms with Crippen LogP contribution in [-0.4, -0.2) is 35.2 Å². The molecule has 1 saturated heterocycles. The van der Waals surface area contributed by atoms with Crippen LogP contribution in [0.25, 0.3) is 11.0 Å². The monoisotopic (exact) mass is 429 g/mol. The molecule has 0 N–H and O–H groups in total. The molecule has 2 heterocycles. The Morgan fingerprint density at radius 2 is 1.97 bits per heavy atom. The molecular weight excluding hydrogens is 398 g/mol. The number of hydrogen-bond donors (Lipinski definition) is 0. The lowest BCUT2D eigenvalue weighted by Gasteiger charge is -2.27. The zero-order chi connectivity index (χ0) is 22.8. The van der Waals surface area contributed by atoms with Gasteiger partial charge in [-0.2, -0.15) is 0 Å². The van der Waals surface area contributed by atoms with Crippen molar-refractivity contribution in [2.24, 2.45) is 0 Å². The molecule has 1 aliphatic rings. The quantitative estimate of drug-likeness (QED) is 0.387. The van der Waals surface area contributed by atoms with Gasteiger partial charge in [0, 0.05) is 12.6 Å². The fourth-order valence-electron chi connectivity index (χ4n) is 3.84. The Morgan fingerprint density at radius 1 is 1.23 bits per heavy atom. The molecule has 1 aliphatic heterocycles. The number of hydrogen-bond acceptors (Lipinski definition) is 6. The number of fused-ring (bicyclic) bond motifs is 1. The van der Waals surface area contributed by atoms with Crippen molar-refractivity contribution in [3.63, 3.8) is 0 Å². The van der Waals surface area contributed by atoms with Gasteiger partial charge >= 0.3 is 17.7 Å². The minimum Gasteiger partial charge on any atom is -0.444 e. The molecule has 2 aromatic rings. The molecule has 1 aromatic heterocycles. The van der Waals surface area contributed by atoms with Gasteiger partial charge in [0.2, 0.25) is 0 Å². The third-order valence-electron chi connectivity index (χ3n) is 5.20. The molecule has 0 aliphatic carbocycles. The van der Waals surface area contributed by atoms with Crippen molar-refractivity contribution in [3.8, 4) is 5.75 Å². The highest BCUT2D eigenvalue weighted by atomic mass is 16.6. The van der Waals surface area contributed by atoms with Crippen LogP contribution in [0.4, 0.5) is 4.79 Å². The van der Waals surface area contributed by atoms with E-state index in [2.05, 4.69) is 6.92 Å². The van der Waals surface area contributed by atoms with Gasteiger partial charge in [0.25, 0.3) is 0 Å². The fraction of sp³-hybridized carbons (Fsp3) is 0.542. The molecular formula is C24H31NO6. The van der Waals surface area contributed by atoms with Gasteiger partial charge < -0.3 is 13.9 Å². The van der Waals surface area contributed by atoms with Gasteiger partial charge in [-0.05, 0) is 76.6 Å². The lowest BCUT2D eigenvalue weighted by molar-refractivity contribution is -0.139. The van der Waals surface area contributed by atoms with Crippen molar-refractivity contribution < 1.29 is 23.5 Å². The number of carbonyl (C=O) groups excluding carboxylic acids is 2. The van der Waals surface area contributed by atoms with Crippen molar-refractivity contribution in [1.29, 1.82) is 0 Å². The maximum absolute atomic E-state index is 13.1. The van der Waals surface area contributed by atoms with Crippen LogP contribution in [0.2, 0.25) is 0 Å². The first kappa shape index (κ1) is 22.8. The highest BCUT2D eigenvalue weighted by Crippen LogP contribution is 2.32. The standard InChI is InChI=1S/C24H31NO6/c1-6-7-9-16-14-20(26)29-18-12-15(2)13-19(21(16)18)30-22(27)17-10-8-11-25(17)23(28)31-24(3,4)5/h12-14,17H,6-11H2,1-5H3. The van der Waals surface area contributed by atoms with Crippen LogP contribution in [0.3, 0.4) is 0 Å². The second kappa shape index (κ2) is 9.12. The van der Waals surface area contributed by atoms with Crippen LogP contribution in [0, 0.1) is 6.92 Å². The molecule has 7 heteroatoms. The van der Waals surface area contributed by atoms with Crippen LogP contribution >= 0.6 is 0 Å².